The normalized spacial score (nSPS) is 11.7. The predicted octanol–water partition coefficient (Wildman–Crippen LogP) is 3.88. The highest BCUT2D eigenvalue weighted by Gasteiger charge is 2.15. The van der Waals surface area contributed by atoms with Crippen LogP contribution in [0.1, 0.15) is 24.8 Å². The molecular formula is C17H19ClN2O3. The zero-order valence-corrected chi connectivity index (χ0v) is 14.1. The maximum atomic E-state index is 12.3. The van der Waals surface area contributed by atoms with Crippen LogP contribution in [0.3, 0.4) is 0 Å². The number of aromatic nitrogens is 1. The van der Waals surface area contributed by atoms with Gasteiger partial charge in [0.05, 0.1) is 24.9 Å². The monoisotopic (exact) mass is 334 g/mol. The Morgan fingerprint density at radius 1 is 1.30 bits per heavy atom. The van der Waals surface area contributed by atoms with Crippen LogP contribution in [0.25, 0.3) is 0 Å². The molecule has 0 fully saturated rings. The summed E-state index contributed by atoms with van der Waals surface area (Å²) in [5, 5.41) is 3.26. The van der Waals surface area contributed by atoms with Crippen LogP contribution in [0.2, 0.25) is 5.02 Å². The van der Waals surface area contributed by atoms with Gasteiger partial charge in [-0.3, -0.25) is 9.78 Å². The molecule has 0 bridgehead atoms. The van der Waals surface area contributed by atoms with Gasteiger partial charge in [-0.25, -0.2) is 0 Å². The molecule has 0 saturated carbocycles. The number of rotatable bonds is 6. The van der Waals surface area contributed by atoms with Crippen LogP contribution in [0, 0.1) is 0 Å². The van der Waals surface area contributed by atoms with Gasteiger partial charge in [0, 0.05) is 30.9 Å². The second kappa shape index (κ2) is 7.83. The lowest BCUT2D eigenvalue weighted by Gasteiger charge is -2.15. The van der Waals surface area contributed by atoms with Gasteiger partial charge in [-0.15, -0.1) is 0 Å². The van der Waals surface area contributed by atoms with Gasteiger partial charge in [0.2, 0.25) is 5.91 Å². The third-order valence-corrected chi connectivity index (χ3v) is 3.79. The summed E-state index contributed by atoms with van der Waals surface area (Å²) in [6.45, 7) is 1.98. The molecule has 1 N–H and O–H groups in total. The van der Waals surface area contributed by atoms with Crippen LogP contribution in [-0.4, -0.2) is 25.1 Å². The zero-order valence-electron chi connectivity index (χ0n) is 13.3. The topological polar surface area (TPSA) is 60.5 Å². The number of pyridine rings is 1. The molecule has 1 aromatic carbocycles. The number of nitrogens with zero attached hydrogens (tertiary/aromatic N) is 1. The van der Waals surface area contributed by atoms with Gasteiger partial charge in [0.15, 0.2) is 0 Å². The second-order valence-electron chi connectivity index (χ2n) is 5.13. The molecule has 1 atom stereocenters. The van der Waals surface area contributed by atoms with Crippen LogP contribution in [0.15, 0.2) is 36.7 Å². The summed E-state index contributed by atoms with van der Waals surface area (Å²) in [5.41, 5.74) is 1.54. The molecule has 1 aromatic heterocycles. The Morgan fingerprint density at radius 3 is 2.65 bits per heavy atom. The molecule has 1 amide bonds. The summed E-state index contributed by atoms with van der Waals surface area (Å²) in [6, 6.07) is 7.07. The molecule has 0 spiro atoms. The molecule has 23 heavy (non-hydrogen) atoms. The SMILES string of the molecule is COc1cc(NC(=O)CC(C)c2cccnc2)c(OC)cc1Cl. The quantitative estimate of drug-likeness (QED) is 0.870. The van der Waals surface area contributed by atoms with Crippen molar-refractivity contribution in [2.75, 3.05) is 19.5 Å². The number of hydrogen-bond acceptors (Lipinski definition) is 4. The maximum Gasteiger partial charge on any atom is 0.225 e. The number of benzene rings is 1. The molecule has 122 valence electrons. The molecule has 0 aliphatic heterocycles. The average Bonchev–Trinajstić information content (AvgIpc) is 2.56. The van der Waals surface area contributed by atoms with Gasteiger partial charge in [-0.2, -0.15) is 0 Å². The van der Waals surface area contributed by atoms with Crippen molar-refractivity contribution in [1.29, 1.82) is 0 Å². The summed E-state index contributed by atoms with van der Waals surface area (Å²) in [4.78, 5) is 16.4. The van der Waals surface area contributed by atoms with Crippen molar-refractivity contribution in [3.63, 3.8) is 0 Å². The van der Waals surface area contributed by atoms with Crippen LogP contribution in [0.4, 0.5) is 5.69 Å². The minimum atomic E-state index is -0.121. The Kier molecular flexibility index (Phi) is 5.82. The third kappa shape index (κ3) is 4.36. The Balaban J connectivity index is 2.11. The maximum absolute atomic E-state index is 12.3. The molecule has 0 radical (unpaired) electrons. The van der Waals surface area contributed by atoms with Crippen molar-refractivity contribution in [3.8, 4) is 11.5 Å². The van der Waals surface area contributed by atoms with E-state index in [9.17, 15) is 4.79 Å². The number of nitrogens with one attached hydrogen (secondary N) is 1. The number of ether oxygens (including phenoxy) is 2. The fraction of sp³-hybridized carbons (Fsp3) is 0.294. The third-order valence-electron chi connectivity index (χ3n) is 3.49. The van der Waals surface area contributed by atoms with E-state index in [1.54, 1.807) is 24.5 Å². The molecule has 1 heterocycles. The molecular weight excluding hydrogens is 316 g/mol. The lowest BCUT2D eigenvalue weighted by molar-refractivity contribution is -0.116. The van der Waals surface area contributed by atoms with Gasteiger partial charge >= 0.3 is 0 Å². The van der Waals surface area contributed by atoms with E-state index < -0.39 is 0 Å². The molecule has 0 aliphatic carbocycles. The molecule has 2 aromatic rings. The Bertz CT molecular complexity index is 677. The first-order valence-corrected chi connectivity index (χ1v) is 7.54. The van der Waals surface area contributed by atoms with E-state index in [4.69, 9.17) is 21.1 Å². The molecule has 0 saturated heterocycles. The van der Waals surface area contributed by atoms with Crippen molar-refractivity contribution >= 4 is 23.2 Å². The van der Waals surface area contributed by atoms with Gasteiger partial charge < -0.3 is 14.8 Å². The van der Waals surface area contributed by atoms with E-state index in [0.29, 0.717) is 28.6 Å². The molecule has 1 unspecified atom stereocenters. The summed E-state index contributed by atoms with van der Waals surface area (Å²) in [7, 11) is 3.04. The molecule has 6 heteroatoms. The summed E-state index contributed by atoms with van der Waals surface area (Å²) >= 11 is 6.06. The zero-order chi connectivity index (χ0) is 16.8. The number of amides is 1. The van der Waals surface area contributed by atoms with Crippen molar-refractivity contribution in [2.45, 2.75) is 19.3 Å². The van der Waals surface area contributed by atoms with Crippen LogP contribution >= 0.6 is 11.6 Å². The lowest BCUT2D eigenvalue weighted by atomic mass is 9.99. The summed E-state index contributed by atoms with van der Waals surface area (Å²) in [5.74, 6) is 0.897. The fourth-order valence-corrected chi connectivity index (χ4v) is 2.45. The van der Waals surface area contributed by atoms with E-state index in [2.05, 4.69) is 10.3 Å². The summed E-state index contributed by atoms with van der Waals surface area (Å²) in [6.07, 6.45) is 3.81. The number of halogens is 1. The highest BCUT2D eigenvalue weighted by atomic mass is 35.5. The van der Waals surface area contributed by atoms with Crippen molar-refractivity contribution in [2.24, 2.45) is 0 Å². The Labute approximate surface area is 140 Å². The van der Waals surface area contributed by atoms with Crippen LogP contribution < -0.4 is 14.8 Å². The van der Waals surface area contributed by atoms with Gasteiger partial charge in [0.25, 0.3) is 0 Å². The van der Waals surface area contributed by atoms with E-state index in [0.717, 1.165) is 5.56 Å². The largest absolute Gasteiger partial charge is 0.495 e. The summed E-state index contributed by atoms with van der Waals surface area (Å²) < 4.78 is 10.4. The Hall–Kier alpha value is -2.27. The van der Waals surface area contributed by atoms with Gasteiger partial charge in [-0.05, 0) is 17.5 Å². The van der Waals surface area contributed by atoms with E-state index in [1.807, 2.05) is 19.1 Å². The number of hydrogen-bond donors (Lipinski definition) is 1. The second-order valence-corrected chi connectivity index (χ2v) is 5.53. The minimum absolute atomic E-state index is 0.0592. The number of methoxy groups -OCH3 is 2. The number of carbonyl (C=O) groups is 1. The fourth-order valence-electron chi connectivity index (χ4n) is 2.22. The highest BCUT2D eigenvalue weighted by molar-refractivity contribution is 6.32. The number of carbonyl (C=O) groups excluding carboxylic acids is 1. The van der Waals surface area contributed by atoms with E-state index in [-0.39, 0.29) is 11.8 Å². The van der Waals surface area contributed by atoms with Crippen molar-refractivity contribution in [3.05, 3.63) is 47.2 Å². The standard InChI is InChI=1S/C17H19ClN2O3/c1-11(12-5-4-6-19-10-12)7-17(21)20-14-9-15(22-2)13(18)8-16(14)23-3/h4-6,8-11H,7H2,1-3H3,(H,20,21). The smallest absolute Gasteiger partial charge is 0.225 e. The molecule has 0 aliphatic rings. The molecule has 2 rings (SSSR count). The van der Waals surface area contributed by atoms with Gasteiger partial charge in [-0.1, -0.05) is 24.6 Å². The van der Waals surface area contributed by atoms with Crippen LogP contribution in [-0.2, 0) is 4.79 Å². The first kappa shape index (κ1) is 17.1. The number of anilines is 1. The lowest BCUT2D eigenvalue weighted by Crippen LogP contribution is -2.15. The highest BCUT2D eigenvalue weighted by Crippen LogP contribution is 2.36. The van der Waals surface area contributed by atoms with Crippen LogP contribution in [0.5, 0.6) is 11.5 Å². The average molecular weight is 335 g/mol. The van der Waals surface area contributed by atoms with E-state index in [1.165, 1.54) is 14.2 Å². The molecule has 5 nitrogen and oxygen atoms in total. The predicted molar refractivity (Wildman–Crippen MR) is 90.5 cm³/mol. The van der Waals surface area contributed by atoms with Gasteiger partial charge in [0.1, 0.15) is 11.5 Å². The first-order chi connectivity index (χ1) is 11.0. The minimum Gasteiger partial charge on any atom is -0.495 e. The Morgan fingerprint density at radius 2 is 2.04 bits per heavy atom. The van der Waals surface area contributed by atoms with Crippen molar-refractivity contribution in [1.82, 2.24) is 4.98 Å². The van der Waals surface area contributed by atoms with Crippen molar-refractivity contribution < 1.29 is 14.3 Å². The first-order valence-electron chi connectivity index (χ1n) is 7.16. The van der Waals surface area contributed by atoms with E-state index >= 15 is 0 Å².